The van der Waals surface area contributed by atoms with Crippen LogP contribution in [-0.2, 0) is 0 Å². The van der Waals surface area contributed by atoms with Gasteiger partial charge in [0.05, 0.1) is 11.1 Å². The monoisotopic (exact) mass is 310 g/mol. The molecule has 0 aromatic heterocycles. The van der Waals surface area contributed by atoms with Crippen molar-refractivity contribution < 1.29 is 27.8 Å². The Balaban J connectivity index is 2.10. The molecule has 0 saturated heterocycles. The van der Waals surface area contributed by atoms with Crippen LogP contribution in [0.15, 0.2) is 36.4 Å². The molecule has 0 aliphatic heterocycles. The highest BCUT2D eigenvalue weighted by molar-refractivity contribution is 5.94. The van der Waals surface area contributed by atoms with E-state index in [-0.39, 0.29) is 11.3 Å². The van der Waals surface area contributed by atoms with E-state index in [1.54, 1.807) is 0 Å². The van der Waals surface area contributed by atoms with E-state index in [9.17, 15) is 23.1 Å². The molecular formula is C16H13F3O3. The molecular weight excluding hydrogens is 297 g/mol. The summed E-state index contributed by atoms with van der Waals surface area (Å²) >= 11 is 0. The predicted molar refractivity (Wildman–Crippen MR) is 73.2 cm³/mol. The average molecular weight is 310 g/mol. The molecule has 2 aromatic carbocycles. The topological polar surface area (TPSA) is 46.5 Å². The lowest BCUT2D eigenvalue weighted by molar-refractivity contribution is 0.0996. The van der Waals surface area contributed by atoms with Crippen molar-refractivity contribution in [2.45, 2.75) is 13.0 Å². The quantitative estimate of drug-likeness (QED) is 0.861. The molecule has 0 amide bonds. The number of aliphatic hydroxyl groups is 1. The highest BCUT2D eigenvalue weighted by Crippen LogP contribution is 2.23. The molecule has 0 spiro atoms. The molecule has 1 unspecified atom stereocenters. The smallest absolute Gasteiger partial charge is 0.162 e. The van der Waals surface area contributed by atoms with Gasteiger partial charge in [-0.05, 0) is 31.2 Å². The Labute approximate surface area is 125 Å². The van der Waals surface area contributed by atoms with E-state index >= 15 is 0 Å². The second-order valence-electron chi connectivity index (χ2n) is 4.66. The van der Waals surface area contributed by atoms with Crippen LogP contribution in [-0.4, -0.2) is 17.5 Å². The predicted octanol–water partition coefficient (Wildman–Crippen LogP) is 3.42. The van der Waals surface area contributed by atoms with Gasteiger partial charge < -0.3 is 9.84 Å². The lowest BCUT2D eigenvalue weighted by Gasteiger charge is -2.14. The normalized spacial score (nSPS) is 12.0. The molecule has 3 nitrogen and oxygen atoms in total. The Hall–Kier alpha value is -2.34. The Morgan fingerprint density at radius 1 is 1.14 bits per heavy atom. The van der Waals surface area contributed by atoms with Crippen molar-refractivity contribution in [1.82, 2.24) is 0 Å². The van der Waals surface area contributed by atoms with E-state index < -0.39 is 41.5 Å². The van der Waals surface area contributed by atoms with E-state index in [2.05, 4.69) is 0 Å². The molecule has 0 heterocycles. The molecule has 2 aromatic rings. The van der Waals surface area contributed by atoms with Crippen molar-refractivity contribution in [2.75, 3.05) is 6.61 Å². The molecule has 1 atom stereocenters. The van der Waals surface area contributed by atoms with Gasteiger partial charge in [-0.3, -0.25) is 4.79 Å². The summed E-state index contributed by atoms with van der Waals surface area (Å²) in [5.74, 6) is -2.95. The van der Waals surface area contributed by atoms with Gasteiger partial charge in [0.2, 0.25) is 0 Å². The fraction of sp³-hybridized carbons (Fsp3) is 0.188. The minimum atomic E-state index is -1.54. The number of hydrogen-bond acceptors (Lipinski definition) is 3. The number of carbonyl (C=O) groups excluding carboxylic acids is 1. The van der Waals surface area contributed by atoms with Gasteiger partial charge in [-0.1, -0.05) is 6.07 Å². The third-order valence-corrected chi connectivity index (χ3v) is 3.06. The molecule has 0 fully saturated rings. The van der Waals surface area contributed by atoms with Crippen LogP contribution < -0.4 is 4.74 Å². The maximum absolute atomic E-state index is 13.6. The maximum Gasteiger partial charge on any atom is 0.162 e. The van der Waals surface area contributed by atoms with Crippen LogP contribution in [0.5, 0.6) is 5.75 Å². The van der Waals surface area contributed by atoms with Gasteiger partial charge in [0.15, 0.2) is 5.78 Å². The van der Waals surface area contributed by atoms with Crippen molar-refractivity contribution in [3.05, 3.63) is 65.0 Å². The van der Waals surface area contributed by atoms with Gasteiger partial charge in [-0.15, -0.1) is 0 Å². The molecule has 1 N–H and O–H groups in total. The van der Waals surface area contributed by atoms with Crippen LogP contribution >= 0.6 is 0 Å². The lowest BCUT2D eigenvalue weighted by Crippen LogP contribution is -2.13. The molecule has 0 aliphatic carbocycles. The number of Topliss-reactive ketones (excluding diaryl/α,β-unsaturated/α-hetero) is 1. The highest BCUT2D eigenvalue weighted by Gasteiger charge is 2.18. The fourth-order valence-electron chi connectivity index (χ4n) is 1.96. The summed E-state index contributed by atoms with van der Waals surface area (Å²) in [5.41, 5.74) is -0.601. The molecule has 0 saturated carbocycles. The first-order valence-electron chi connectivity index (χ1n) is 6.45. The molecule has 116 valence electrons. The summed E-state index contributed by atoms with van der Waals surface area (Å²) in [7, 11) is 0. The van der Waals surface area contributed by atoms with Gasteiger partial charge in [0, 0.05) is 6.07 Å². The SMILES string of the molecule is CC(=O)c1ccc(OCC(O)c2c(F)cccc2F)cc1F. The Kier molecular flexibility index (Phi) is 4.82. The number of benzene rings is 2. The van der Waals surface area contributed by atoms with E-state index in [1.165, 1.54) is 25.1 Å². The Bertz CT molecular complexity index is 681. The standard InChI is InChI=1S/C16H13F3O3/c1-9(20)11-6-5-10(7-14(11)19)22-8-15(21)16-12(17)3-2-4-13(16)18/h2-7,15,21H,8H2,1H3. The minimum Gasteiger partial charge on any atom is -0.490 e. The third kappa shape index (κ3) is 3.46. The number of carbonyl (C=O) groups is 1. The van der Waals surface area contributed by atoms with Crippen LogP contribution in [0.25, 0.3) is 0 Å². The highest BCUT2D eigenvalue weighted by atomic mass is 19.1. The maximum atomic E-state index is 13.6. The van der Waals surface area contributed by atoms with Crippen LogP contribution in [0.4, 0.5) is 13.2 Å². The van der Waals surface area contributed by atoms with Gasteiger partial charge in [0.1, 0.15) is 35.9 Å². The molecule has 6 heteroatoms. The zero-order valence-corrected chi connectivity index (χ0v) is 11.6. The zero-order valence-electron chi connectivity index (χ0n) is 11.6. The van der Waals surface area contributed by atoms with Crippen LogP contribution in [0.1, 0.15) is 28.9 Å². The van der Waals surface area contributed by atoms with E-state index in [0.717, 1.165) is 18.2 Å². The van der Waals surface area contributed by atoms with Crippen LogP contribution in [0, 0.1) is 17.5 Å². The van der Waals surface area contributed by atoms with E-state index in [4.69, 9.17) is 4.74 Å². The van der Waals surface area contributed by atoms with E-state index in [1.807, 2.05) is 0 Å². The second-order valence-corrected chi connectivity index (χ2v) is 4.66. The summed E-state index contributed by atoms with van der Waals surface area (Å²) in [6.45, 7) is 0.764. The Morgan fingerprint density at radius 3 is 2.32 bits per heavy atom. The minimum absolute atomic E-state index is 0.0401. The molecule has 0 radical (unpaired) electrons. The van der Waals surface area contributed by atoms with Crippen molar-refractivity contribution >= 4 is 5.78 Å². The first-order chi connectivity index (χ1) is 10.4. The number of hydrogen-bond donors (Lipinski definition) is 1. The van der Waals surface area contributed by atoms with Gasteiger partial charge in [-0.25, -0.2) is 13.2 Å². The molecule has 0 bridgehead atoms. The second kappa shape index (κ2) is 6.62. The summed E-state index contributed by atoms with van der Waals surface area (Å²) in [4.78, 5) is 11.1. The first-order valence-corrected chi connectivity index (χ1v) is 6.45. The number of aliphatic hydroxyl groups excluding tert-OH is 1. The van der Waals surface area contributed by atoms with Crippen LogP contribution in [0.2, 0.25) is 0 Å². The summed E-state index contributed by atoms with van der Waals surface area (Å²) in [5, 5.41) is 9.80. The van der Waals surface area contributed by atoms with Gasteiger partial charge in [-0.2, -0.15) is 0 Å². The van der Waals surface area contributed by atoms with Crippen molar-refractivity contribution in [3.8, 4) is 5.75 Å². The number of ether oxygens (including phenoxy) is 1. The number of halogens is 3. The number of rotatable bonds is 5. The summed E-state index contributed by atoms with van der Waals surface area (Å²) < 4.78 is 45.7. The summed E-state index contributed by atoms with van der Waals surface area (Å²) in [6, 6.07) is 6.76. The van der Waals surface area contributed by atoms with Gasteiger partial charge in [0.25, 0.3) is 0 Å². The third-order valence-electron chi connectivity index (χ3n) is 3.06. The lowest BCUT2D eigenvalue weighted by atomic mass is 10.1. The number of ketones is 1. The molecule has 2 rings (SSSR count). The first kappa shape index (κ1) is 16.0. The van der Waals surface area contributed by atoms with Crippen molar-refractivity contribution in [2.24, 2.45) is 0 Å². The van der Waals surface area contributed by atoms with E-state index in [0.29, 0.717) is 0 Å². The Morgan fingerprint density at radius 2 is 1.77 bits per heavy atom. The molecule has 22 heavy (non-hydrogen) atoms. The van der Waals surface area contributed by atoms with Gasteiger partial charge >= 0.3 is 0 Å². The fourth-order valence-corrected chi connectivity index (χ4v) is 1.96. The largest absolute Gasteiger partial charge is 0.490 e. The average Bonchev–Trinajstić information content (AvgIpc) is 2.44. The van der Waals surface area contributed by atoms with Crippen molar-refractivity contribution in [1.29, 1.82) is 0 Å². The van der Waals surface area contributed by atoms with Crippen molar-refractivity contribution in [3.63, 3.8) is 0 Å². The summed E-state index contributed by atoms with van der Waals surface area (Å²) in [6.07, 6.45) is -1.54. The van der Waals surface area contributed by atoms with Crippen LogP contribution in [0.3, 0.4) is 0 Å². The zero-order chi connectivity index (χ0) is 16.3. The molecule has 0 aliphatic rings.